The predicted molar refractivity (Wildman–Crippen MR) is 74.2 cm³/mol. The number of aryl methyl sites for hydroxylation is 1. The summed E-state index contributed by atoms with van der Waals surface area (Å²) in [6.45, 7) is 3.78. The van der Waals surface area contributed by atoms with Crippen LogP contribution in [-0.2, 0) is 0 Å². The SMILES string of the molecule is Cc1cc(Cl)c(C(=O)NC(C)c2cccs2)cn1. The smallest absolute Gasteiger partial charge is 0.254 e. The van der Waals surface area contributed by atoms with Crippen molar-refractivity contribution in [1.82, 2.24) is 10.3 Å². The molecule has 2 heterocycles. The lowest BCUT2D eigenvalue weighted by Crippen LogP contribution is -2.26. The third-order valence-electron chi connectivity index (χ3n) is 2.55. The highest BCUT2D eigenvalue weighted by Crippen LogP contribution is 2.20. The molecule has 2 aromatic rings. The molecule has 94 valence electrons. The fourth-order valence-corrected chi connectivity index (χ4v) is 2.60. The molecule has 0 radical (unpaired) electrons. The van der Waals surface area contributed by atoms with Gasteiger partial charge >= 0.3 is 0 Å². The molecule has 0 spiro atoms. The summed E-state index contributed by atoms with van der Waals surface area (Å²) >= 11 is 7.65. The Morgan fingerprint density at radius 1 is 1.56 bits per heavy atom. The van der Waals surface area contributed by atoms with Crippen molar-refractivity contribution < 1.29 is 4.79 Å². The van der Waals surface area contributed by atoms with Crippen molar-refractivity contribution in [1.29, 1.82) is 0 Å². The van der Waals surface area contributed by atoms with E-state index in [9.17, 15) is 4.79 Å². The minimum atomic E-state index is -0.201. The summed E-state index contributed by atoms with van der Waals surface area (Å²) < 4.78 is 0. The van der Waals surface area contributed by atoms with Crippen molar-refractivity contribution in [2.75, 3.05) is 0 Å². The molecule has 1 unspecified atom stereocenters. The van der Waals surface area contributed by atoms with Crippen molar-refractivity contribution >= 4 is 28.8 Å². The molecule has 1 amide bonds. The second-order valence-corrected chi connectivity index (χ2v) is 5.40. The maximum absolute atomic E-state index is 12.1. The minimum absolute atomic E-state index is 0.0325. The van der Waals surface area contributed by atoms with Crippen LogP contribution in [0, 0.1) is 6.92 Å². The van der Waals surface area contributed by atoms with Gasteiger partial charge in [-0.3, -0.25) is 9.78 Å². The van der Waals surface area contributed by atoms with Crippen molar-refractivity contribution in [3.05, 3.63) is 50.9 Å². The zero-order valence-corrected chi connectivity index (χ0v) is 11.7. The van der Waals surface area contributed by atoms with E-state index in [0.717, 1.165) is 10.6 Å². The summed E-state index contributed by atoms with van der Waals surface area (Å²) in [7, 11) is 0. The van der Waals surface area contributed by atoms with Gasteiger partial charge < -0.3 is 5.32 Å². The first kappa shape index (κ1) is 13.1. The minimum Gasteiger partial charge on any atom is -0.345 e. The summed E-state index contributed by atoms with van der Waals surface area (Å²) in [5.41, 5.74) is 1.20. The van der Waals surface area contributed by atoms with Crippen molar-refractivity contribution in [2.45, 2.75) is 19.9 Å². The van der Waals surface area contributed by atoms with E-state index in [4.69, 9.17) is 11.6 Å². The molecule has 3 nitrogen and oxygen atoms in total. The number of amides is 1. The van der Waals surface area contributed by atoms with Crippen LogP contribution in [0.25, 0.3) is 0 Å². The number of hydrogen-bond acceptors (Lipinski definition) is 3. The third kappa shape index (κ3) is 2.89. The standard InChI is InChI=1S/C13H13ClN2OS/c1-8-6-11(14)10(7-15-8)13(17)16-9(2)12-4-3-5-18-12/h3-7,9H,1-2H3,(H,16,17). The van der Waals surface area contributed by atoms with Crippen LogP contribution in [0.5, 0.6) is 0 Å². The molecule has 0 saturated heterocycles. The predicted octanol–water partition coefficient (Wildman–Crippen LogP) is 3.60. The van der Waals surface area contributed by atoms with E-state index in [1.54, 1.807) is 17.4 Å². The monoisotopic (exact) mass is 280 g/mol. The fourth-order valence-electron chi connectivity index (χ4n) is 1.58. The lowest BCUT2D eigenvalue weighted by Gasteiger charge is -2.12. The van der Waals surface area contributed by atoms with E-state index in [-0.39, 0.29) is 11.9 Å². The molecule has 5 heteroatoms. The number of rotatable bonds is 3. The molecule has 1 N–H and O–H groups in total. The van der Waals surface area contributed by atoms with E-state index in [1.165, 1.54) is 6.20 Å². The highest BCUT2D eigenvalue weighted by molar-refractivity contribution is 7.10. The molecule has 0 aliphatic carbocycles. The molecular weight excluding hydrogens is 268 g/mol. The second-order valence-electron chi connectivity index (χ2n) is 4.02. The summed E-state index contributed by atoms with van der Waals surface area (Å²) in [4.78, 5) is 17.3. The lowest BCUT2D eigenvalue weighted by molar-refractivity contribution is 0.0940. The summed E-state index contributed by atoms with van der Waals surface area (Å²) in [5.74, 6) is -0.201. The van der Waals surface area contributed by atoms with E-state index in [2.05, 4.69) is 10.3 Å². The first-order valence-corrected chi connectivity index (χ1v) is 6.80. The number of pyridine rings is 1. The Hall–Kier alpha value is -1.39. The van der Waals surface area contributed by atoms with Crippen molar-refractivity contribution in [3.63, 3.8) is 0 Å². The van der Waals surface area contributed by atoms with Crippen molar-refractivity contribution in [3.8, 4) is 0 Å². The summed E-state index contributed by atoms with van der Waals surface area (Å²) in [5, 5.41) is 5.32. The quantitative estimate of drug-likeness (QED) is 0.933. The van der Waals surface area contributed by atoms with Gasteiger partial charge in [0.25, 0.3) is 5.91 Å². The van der Waals surface area contributed by atoms with Gasteiger partial charge in [0.15, 0.2) is 0 Å². The highest BCUT2D eigenvalue weighted by Gasteiger charge is 2.15. The number of nitrogens with one attached hydrogen (secondary N) is 1. The Bertz CT molecular complexity index is 554. The molecule has 2 rings (SSSR count). The molecular formula is C13H13ClN2OS. The van der Waals surface area contributed by atoms with Gasteiger partial charge in [-0.1, -0.05) is 17.7 Å². The maximum atomic E-state index is 12.1. The largest absolute Gasteiger partial charge is 0.345 e. The van der Waals surface area contributed by atoms with Crippen LogP contribution in [0.15, 0.2) is 29.8 Å². The normalized spacial score (nSPS) is 12.2. The van der Waals surface area contributed by atoms with Gasteiger partial charge in [-0.15, -0.1) is 11.3 Å². The molecule has 0 aromatic carbocycles. The first-order valence-electron chi connectivity index (χ1n) is 5.54. The number of carbonyl (C=O) groups excluding carboxylic acids is 1. The average molecular weight is 281 g/mol. The number of thiophene rings is 1. The molecule has 0 fully saturated rings. The molecule has 0 aliphatic rings. The van der Waals surface area contributed by atoms with Crippen LogP contribution in [0.4, 0.5) is 0 Å². The van der Waals surface area contributed by atoms with E-state index < -0.39 is 0 Å². The van der Waals surface area contributed by atoms with E-state index in [1.807, 2.05) is 31.4 Å². The van der Waals surface area contributed by atoms with Crippen LogP contribution in [0.2, 0.25) is 5.02 Å². The summed E-state index contributed by atoms with van der Waals surface area (Å²) in [6, 6.07) is 5.61. The number of carbonyl (C=O) groups is 1. The Balaban J connectivity index is 2.12. The second kappa shape index (κ2) is 5.50. The van der Waals surface area contributed by atoms with Gasteiger partial charge in [0.2, 0.25) is 0 Å². The Kier molecular flexibility index (Phi) is 3.99. The molecule has 18 heavy (non-hydrogen) atoms. The van der Waals surface area contributed by atoms with Gasteiger partial charge in [-0.25, -0.2) is 0 Å². The summed E-state index contributed by atoms with van der Waals surface area (Å²) in [6.07, 6.45) is 1.51. The van der Waals surface area contributed by atoms with Gasteiger partial charge in [0.05, 0.1) is 16.6 Å². The number of hydrogen-bond donors (Lipinski definition) is 1. The number of nitrogens with zero attached hydrogens (tertiary/aromatic N) is 1. The molecule has 1 atom stereocenters. The molecule has 0 saturated carbocycles. The average Bonchev–Trinajstić information content (AvgIpc) is 2.81. The zero-order chi connectivity index (χ0) is 13.1. The van der Waals surface area contributed by atoms with Gasteiger partial charge in [0.1, 0.15) is 0 Å². The van der Waals surface area contributed by atoms with Crippen molar-refractivity contribution in [2.24, 2.45) is 0 Å². The van der Waals surface area contributed by atoms with Crippen LogP contribution in [0.1, 0.15) is 33.9 Å². The zero-order valence-electron chi connectivity index (χ0n) is 10.1. The lowest BCUT2D eigenvalue weighted by atomic mass is 10.2. The topological polar surface area (TPSA) is 42.0 Å². The first-order chi connectivity index (χ1) is 8.58. The highest BCUT2D eigenvalue weighted by atomic mass is 35.5. The van der Waals surface area contributed by atoms with Gasteiger partial charge in [-0.05, 0) is 31.4 Å². The van der Waals surface area contributed by atoms with E-state index in [0.29, 0.717) is 10.6 Å². The fraction of sp³-hybridized carbons (Fsp3) is 0.231. The Labute approximate surface area is 115 Å². The Morgan fingerprint density at radius 3 is 2.94 bits per heavy atom. The van der Waals surface area contributed by atoms with Crippen LogP contribution >= 0.6 is 22.9 Å². The van der Waals surface area contributed by atoms with E-state index >= 15 is 0 Å². The van der Waals surface area contributed by atoms with Gasteiger partial charge in [-0.2, -0.15) is 0 Å². The number of aromatic nitrogens is 1. The third-order valence-corrected chi connectivity index (χ3v) is 3.92. The maximum Gasteiger partial charge on any atom is 0.254 e. The van der Waals surface area contributed by atoms with Gasteiger partial charge in [0, 0.05) is 16.8 Å². The van der Waals surface area contributed by atoms with Crippen LogP contribution < -0.4 is 5.32 Å². The molecule has 2 aromatic heterocycles. The number of halogens is 1. The van der Waals surface area contributed by atoms with Crippen LogP contribution in [0.3, 0.4) is 0 Å². The van der Waals surface area contributed by atoms with Crippen LogP contribution in [-0.4, -0.2) is 10.9 Å². The molecule has 0 bridgehead atoms. The Morgan fingerprint density at radius 2 is 2.33 bits per heavy atom. The molecule has 0 aliphatic heterocycles.